The Bertz CT molecular complexity index is 133. The Labute approximate surface area is 78.1 Å². The highest BCUT2D eigenvalue weighted by molar-refractivity contribution is 5.00. The van der Waals surface area contributed by atoms with Gasteiger partial charge < -0.3 is 0 Å². The van der Waals surface area contributed by atoms with Gasteiger partial charge in [0.2, 0.25) is 0 Å². The monoisotopic (exact) mass is 168 g/mol. The van der Waals surface area contributed by atoms with Crippen LogP contribution in [-0.2, 0) is 0 Å². The summed E-state index contributed by atoms with van der Waals surface area (Å²) in [6.45, 7) is 15.5. The maximum atomic E-state index is 4.16. The molecule has 0 heteroatoms. The SMILES string of the molecule is C=C(CC(C)CC)C(C)C(C)C. The molecule has 0 rings (SSSR count). The smallest absolute Gasteiger partial charge is 0.0211 e. The average molecular weight is 168 g/mol. The minimum Gasteiger partial charge on any atom is -0.0996 e. The van der Waals surface area contributed by atoms with Gasteiger partial charge >= 0.3 is 0 Å². The van der Waals surface area contributed by atoms with E-state index in [1.165, 1.54) is 18.4 Å². The zero-order valence-electron chi connectivity index (χ0n) is 9.35. The predicted octanol–water partition coefficient (Wildman–Crippen LogP) is 4.27. The van der Waals surface area contributed by atoms with Gasteiger partial charge in [-0.3, -0.25) is 0 Å². The van der Waals surface area contributed by atoms with Crippen LogP contribution in [0.3, 0.4) is 0 Å². The molecule has 0 radical (unpaired) electrons. The van der Waals surface area contributed by atoms with Crippen molar-refractivity contribution in [1.82, 2.24) is 0 Å². The molecule has 0 aliphatic rings. The standard InChI is InChI=1S/C12H24/c1-7-10(4)8-11(5)12(6)9(2)3/h9-10,12H,5,7-8H2,1-4,6H3. The van der Waals surface area contributed by atoms with Gasteiger partial charge in [0.05, 0.1) is 0 Å². The lowest BCUT2D eigenvalue weighted by Gasteiger charge is -2.20. The summed E-state index contributed by atoms with van der Waals surface area (Å²) in [4.78, 5) is 0. The van der Waals surface area contributed by atoms with Crippen molar-refractivity contribution in [3.05, 3.63) is 12.2 Å². The summed E-state index contributed by atoms with van der Waals surface area (Å²) >= 11 is 0. The van der Waals surface area contributed by atoms with Crippen LogP contribution in [-0.4, -0.2) is 0 Å². The van der Waals surface area contributed by atoms with Gasteiger partial charge in [-0.05, 0) is 24.2 Å². The van der Waals surface area contributed by atoms with Crippen molar-refractivity contribution >= 4 is 0 Å². The van der Waals surface area contributed by atoms with E-state index in [2.05, 4.69) is 41.2 Å². The highest BCUT2D eigenvalue weighted by Crippen LogP contribution is 2.24. The highest BCUT2D eigenvalue weighted by Gasteiger charge is 2.12. The van der Waals surface area contributed by atoms with E-state index >= 15 is 0 Å². The third-order valence-electron chi connectivity index (χ3n) is 2.95. The lowest BCUT2D eigenvalue weighted by molar-refractivity contribution is 0.437. The molecule has 2 atom stereocenters. The molecule has 0 N–H and O–H groups in total. The molecule has 0 nitrogen and oxygen atoms in total. The minimum absolute atomic E-state index is 0.680. The van der Waals surface area contributed by atoms with Crippen LogP contribution >= 0.6 is 0 Å². The Balaban J connectivity index is 3.87. The molecule has 0 aliphatic heterocycles. The average Bonchev–Trinajstić information content (AvgIpc) is 2.02. The van der Waals surface area contributed by atoms with Crippen LogP contribution < -0.4 is 0 Å². The molecule has 0 saturated heterocycles. The van der Waals surface area contributed by atoms with E-state index in [1.54, 1.807) is 0 Å². The molecule has 0 amide bonds. The Morgan fingerprint density at radius 2 is 1.67 bits per heavy atom. The molecule has 0 heterocycles. The summed E-state index contributed by atoms with van der Waals surface area (Å²) in [5.41, 5.74) is 1.43. The van der Waals surface area contributed by atoms with Gasteiger partial charge in [-0.1, -0.05) is 53.2 Å². The summed E-state index contributed by atoms with van der Waals surface area (Å²) in [7, 11) is 0. The van der Waals surface area contributed by atoms with E-state index in [0.29, 0.717) is 5.92 Å². The molecular weight excluding hydrogens is 144 g/mol. The Kier molecular flexibility index (Phi) is 5.28. The van der Waals surface area contributed by atoms with Crippen molar-refractivity contribution in [2.45, 2.75) is 47.5 Å². The van der Waals surface area contributed by atoms with Gasteiger partial charge in [0.1, 0.15) is 0 Å². The normalized spacial score (nSPS) is 16.2. The topological polar surface area (TPSA) is 0 Å². The van der Waals surface area contributed by atoms with E-state index in [0.717, 1.165) is 11.8 Å². The second-order valence-electron chi connectivity index (χ2n) is 4.41. The van der Waals surface area contributed by atoms with Crippen molar-refractivity contribution in [3.8, 4) is 0 Å². The quantitative estimate of drug-likeness (QED) is 0.538. The largest absolute Gasteiger partial charge is 0.0996 e. The lowest BCUT2D eigenvalue weighted by atomic mass is 9.85. The third-order valence-corrected chi connectivity index (χ3v) is 2.95. The van der Waals surface area contributed by atoms with Crippen LogP contribution in [0.2, 0.25) is 0 Å². The molecule has 0 aliphatic carbocycles. The summed E-state index contributed by atoms with van der Waals surface area (Å²) in [6.07, 6.45) is 2.47. The fourth-order valence-electron chi connectivity index (χ4n) is 1.25. The van der Waals surface area contributed by atoms with Crippen molar-refractivity contribution in [1.29, 1.82) is 0 Å². The van der Waals surface area contributed by atoms with Gasteiger partial charge in [-0.25, -0.2) is 0 Å². The third kappa shape index (κ3) is 3.94. The lowest BCUT2D eigenvalue weighted by Crippen LogP contribution is -2.09. The van der Waals surface area contributed by atoms with Crippen molar-refractivity contribution in [2.75, 3.05) is 0 Å². The van der Waals surface area contributed by atoms with Crippen LogP contribution in [0.5, 0.6) is 0 Å². The molecule has 0 fully saturated rings. The summed E-state index contributed by atoms with van der Waals surface area (Å²) in [5, 5.41) is 0. The van der Waals surface area contributed by atoms with Crippen molar-refractivity contribution in [2.24, 2.45) is 17.8 Å². The van der Waals surface area contributed by atoms with E-state index in [4.69, 9.17) is 0 Å². The molecule has 0 aromatic rings. The first-order valence-electron chi connectivity index (χ1n) is 5.16. The van der Waals surface area contributed by atoms with Crippen LogP contribution in [0, 0.1) is 17.8 Å². The van der Waals surface area contributed by atoms with Crippen molar-refractivity contribution < 1.29 is 0 Å². The van der Waals surface area contributed by atoms with Crippen LogP contribution in [0.1, 0.15) is 47.5 Å². The van der Waals surface area contributed by atoms with E-state index in [1.807, 2.05) is 0 Å². The fraction of sp³-hybridized carbons (Fsp3) is 0.833. The molecule has 0 saturated carbocycles. The molecule has 0 bridgehead atoms. The zero-order chi connectivity index (χ0) is 9.72. The number of hydrogen-bond donors (Lipinski definition) is 0. The first-order valence-corrected chi connectivity index (χ1v) is 5.16. The van der Waals surface area contributed by atoms with Crippen LogP contribution in [0.15, 0.2) is 12.2 Å². The zero-order valence-corrected chi connectivity index (χ0v) is 9.35. The minimum atomic E-state index is 0.680. The van der Waals surface area contributed by atoms with Gasteiger partial charge in [0, 0.05) is 0 Å². The second-order valence-corrected chi connectivity index (χ2v) is 4.41. The van der Waals surface area contributed by atoms with Gasteiger partial charge in [-0.2, -0.15) is 0 Å². The molecule has 2 unspecified atom stereocenters. The maximum Gasteiger partial charge on any atom is -0.0211 e. The number of rotatable bonds is 5. The van der Waals surface area contributed by atoms with E-state index in [-0.39, 0.29) is 0 Å². The summed E-state index contributed by atoms with van der Waals surface area (Å²) < 4.78 is 0. The van der Waals surface area contributed by atoms with Crippen LogP contribution in [0.25, 0.3) is 0 Å². The highest BCUT2D eigenvalue weighted by atomic mass is 14.2. The Hall–Kier alpha value is -0.260. The molecule has 0 aromatic carbocycles. The van der Waals surface area contributed by atoms with Gasteiger partial charge in [-0.15, -0.1) is 0 Å². The van der Waals surface area contributed by atoms with Crippen LogP contribution in [0.4, 0.5) is 0 Å². The van der Waals surface area contributed by atoms with Gasteiger partial charge in [0.25, 0.3) is 0 Å². The number of allylic oxidation sites excluding steroid dienone is 1. The molecule has 0 aromatic heterocycles. The summed E-state index contributed by atoms with van der Waals surface area (Å²) in [5.74, 6) is 2.22. The molecule has 72 valence electrons. The van der Waals surface area contributed by atoms with Gasteiger partial charge in [0.15, 0.2) is 0 Å². The Morgan fingerprint density at radius 3 is 2.00 bits per heavy atom. The van der Waals surface area contributed by atoms with E-state index in [9.17, 15) is 0 Å². The Morgan fingerprint density at radius 1 is 1.17 bits per heavy atom. The molecular formula is C12H24. The fourth-order valence-corrected chi connectivity index (χ4v) is 1.25. The molecule has 12 heavy (non-hydrogen) atoms. The first-order chi connectivity index (χ1) is 5.49. The van der Waals surface area contributed by atoms with Crippen molar-refractivity contribution in [3.63, 3.8) is 0 Å². The maximum absolute atomic E-state index is 4.16. The molecule has 0 spiro atoms. The number of hydrogen-bond acceptors (Lipinski definition) is 0. The second kappa shape index (κ2) is 5.40. The first kappa shape index (κ1) is 11.7. The van der Waals surface area contributed by atoms with E-state index < -0.39 is 0 Å². The predicted molar refractivity (Wildman–Crippen MR) is 57.2 cm³/mol. The summed E-state index contributed by atoms with van der Waals surface area (Å²) in [6, 6.07) is 0.